The summed E-state index contributed by atoms with van der Waals surface area (Å²) < 4.78 is 33.5. The van der Waals surface area contributed by atoms with Crippen LogP contribution >= 0.6 is 11.3 Å². The summed E-state index contributed by atoms with van der Waals surface area (Å²) in [6, 6.07) is 3.78. The highest BCUT2D eigenvalue weighted by Gasteiger charge is 2.28. The number of fused-ring (bicyclic) bond motifs is 1. The van der Waals surface area contributed by atoms with Crippen LogP contribution in [-0.4, -0.2) is 39.7 Å². The zero-order chi connectivity index (χ0) is 19.0. The van der Waals surface area contributed by atoms with Gasteiger partial charge < -0.3 is 10.1 Å². The Hall–Kier alpha value is -2.55. The van der Waals surface area contributed by atoms with E-state index in [2.05, 4.69) is 15.4 Å². The molecule has 142 valence electrons. The van der Waals surface area contributed by atoms with Crippen molar-refractivity contribution in [2.24, 2.45) is 5.92 Å². The van der Waals surface area contributed by atoms with E-state index >= 15 is 0 Å². The molecule has 27 heavy (non-hydrogen) atoms. The van der Waals surface area contributed by atoms with E-state index < -0.39 is 13.0 Å². The summed E-state index contributed by atoms with van der Waals surface area (Å²) in [5.41, 5.74) is 4.05. The Balaban J connectivity index is 1.63. The maximum atomic E-state index is 12.6. The highest BCUT2D eigenvalue weighted by molar-refractivity contribution is 7.17. The van der Waals surface area contributed by atoms with Crippen molar-refractivity contribution in [1.82, 2.24) is 20.1 Å². The molecule has 2 aromatic heterocycles. The van der Waals surface area contributed by atoms with E-state index in [1.165, 1.54) is 16.0 Å². The molecule has 3 aromatic rings. The number of ether oxygens (including phenoxy) is 1. The zero-order valence-electron chi connectivity index (χ0n) is 14.6. The van der Waals surface area contributed by atoms with Crippen LogP contribution in [0.5, 0.6) is 5.75 Å². The number of aromatic nitrogens is 3. The van der Waals surface area contributed by atoms with Gasteiger partial charge in [0.05, 0.1) is 21.9 Å². The first-order chi connectivity index (χ1) is 13.0. The molecule has 2 atom stereocenters. The summed E-state index contributed by atoms with van der Waals surface area (Å²) in [5.74, 6) is 0.829. The first kappa shape index (κ1) is 17.8. The predicted molar refractivity (Wildman–Crippen MR) is 98.1 cm³/mol. The third kappa shape index (κ3) is 3.78. The molecular formula is C18H18F2N4O2S. The Kier molecular flexibility index (Phi) is 4.77. The van der Waals surface area contributed by atoms with Gasteiger partial charge in [0.15, 0.2) is 0 Å². The third-order valence-corrected chi connectivity index (χ3v) is 5.53. The summed E-state index contributed by atoms with van der Waals surface area (Å²) >= 11 is 1.48. The number of halogens is 2. The number of benzene rings is 1. The molecule has 1 aliphatic rings. The summed E-state index contributed by atoms with van der Waals surface area (Å²) in [6.45, 7) is 2.11. The van der Waals surface area contributed by atoms with Crippen LogP contribution in [0.25, 0.3) is 21.3 Å². The molecule has 1 N–H and O–H groups in total. The van der Waals surface area contributed by atoms with Gasteiger partial charge in [-0.3, -0.25) is 9.48 Å². The van der Waals surface area contributed by atoms with E-state index in [9.17, 15) is 13.6 Å². The average molecular weight is 392 g/mol. The Labute approximate surface area is 158 Å². The number of thiazole rings is 1. The Bertz CT molecular complexity index is 971. The minimum Gasteiger partial charge on any atom is -0.489 e. The van der Waals surface area contributed by atoms with Crippen molar-refractivity contribution in [2.75, 3.05) is 6.54 Å². The van der Waals surface area contributed by atoms with Gasteiger partial charge in [0.1, 0.15) is 18.4 Å². The number of nitrogens with one attached hydrogen (secondary N) is 1. The number of rotatable bonds is 6. The van der Waals surface area contributed by atoms with E-state index in [-0.39, 0.29) is 17.9 Å². The fourth-order valence-corrected chi connectivity index (χ4v) is 3.93. The van der Waals surface area contributed by atoms with Crippen molar-refractivity contribution in [2.45, 2.75) is 32.4 Å². The summed E-state index contributed by atoms with van der Waals surface area (Å²) in [5, 5.41) is 6.82. The molecule has 9 heteroatoms. The first-order valence-electron chi connectivity index (χ1n) is 8.61. The summed E-state index contributed by atoms with van der Waals surface area (Å²) in [7, 11) is 0. The van der Waals surface area contributed by atoms with Crippen LogP contribution in [0.3, 0.4) is 0 Å². The minimum atomic E-state index is -2.46. The van der Waals surface area contributed by atoms with Gasteiger partial charge in [-0.15, -0.1) is 11.3 Å². The van der Waals surface area contributed by atoms with Crippen molar-refractivity contribution < 1.29 is 18.3 Å². The molecular weight excluding hydrogens is 374 g/mol. The molecule has 0 aliphatic carbocycles. The van der Waals surface area contributed by atoms with Crippen LogP contribution in [0.1, 0.15) is 13.3 Å². The Morgan fingerprint density at radius 1 is 1.41 bits per heavy atom. The highest BCUT2D eigenvalue weighted by atomic mass is 32.1. The van der Waals surface area contributed by atoms with E-state index in [1.807, 2.05) is 19.1 Å². The SMILES string of the molecule is CC(Oc1cc(-c2cnn(CC(F)F)c2)cc2ncsc12)C1CNC(=O)C1. The molecule has 0 spiro atoms. The lowest BCUT2D eigenvalue weighted by atomic mass is 10.0. The molecule has 1 aliphatic heterocycles. The molecule has 1 aromatic carbocycles. The van der Waals surface area contributed by atoms with Crippen LogP contribution < -0.4 is 10.1 Å². The van der Waals surface area contributed by atoms with Crippen molar-refractivity contribution in [3.8, 4) is 16.9 Å². The van der Waals surface area contributed by atoms with Gasteiger partial charge in [-0.25, -0.2) is 13.8 Å². The number of alkyl halides is 2. The molecule has 0 bridgehead atoms. The van der Waals surface area contributed by atoms with E-state index in [0.29, 0.717) is 18.7 Å². The number of hydrogen-bond acceptors (Lipinski definition) is 5. The first-order valence-corrected chi connectivity index (χ1v) is 9.49. The van der Waals surface area contributed by atoms with Crippen LogP contribution in [0.15, 0.2) is 30.0 Å². The molecule has 6 nitrogen and oxygen atoms in total. The smallest absolute Gasteiger partial charge is 0.257 e. The predicted octanol–water partition coefficient (Wildman–Crippen LogP) is 3.33. The van der Waals surface area contributed by atoms with Crippen LogP contribution in [0.2, 0.25) is 0 Å². The summed E-state index contributed by atoms with van der Waals surface area (Å²) in [6.07, 6.45) is 0.995. The van der Waals surface area contributed by atoms with E-state index in [4.69, 9.17) is 4.74 Å². The third-order valence-electron chi connectivity index (χ3n) is 4.67. The monoisotopic (exact) mass is 392 g/mol. The topological polar surface area (TPSA) is 69.0 Å². The molecule has 4 rings (SSSR count). The average Bonchev–Trinajstić information content (AvgIpc) is 3.34. The quantitative estimate of drug-likeness (QED) is 0.699. The minimum absolute atomic E-state index is 0.0404. The van der Waals surface area contributed by atoms with Gasteiger partial charge in [-0.1, -0.05) is 0 Å². The second-order valence-electron chi connectivity index (χ2n) is 6.61. The zero-order valence-corrected chi connectivity index (χ0v) is 15.4. The van der Waals surface area contributed by atoms with Crippen molar-refractivity contribution in [1.29, 1.82) is 0 Å². The lowest BCUT2D eigenvalue weighted by Crippen LogP contribution is -2.25. The van der Waals surface area contributed by atoms with Gasteiger partial charge in [-0.05, 0) is 24.6 Å². The van der Waals surface area contributed by atoms with Crippen LogP contribution in [-0.2, 0) is 11.3 Å². The maximum absolute atomic E-state index is 12.6. The number of carbonyl (C=O) groups excluding carboxylic acids is 1. The van der Waals surface area contributed by atoms with Gasteiger partial charge >= 0.3 is 0 Å². The fourth-order valence-electron chi connectivity index (χ4n) is 3.20. The Morgan fingerprint density at radius 2 is 2.26 bits per heavy atom. The molecule has 1 fully saturated rings. The van der Waals surface area contributed by atoms with Crippen molar-refractivity contribution in [3.63, 3.8) is 0 Å². The molecule has 1 saturated heterocycles. The molecule has 0 saturated carbocycles. The molecule has 0 radical (unpaired) electrons. The number of nitrogens with zero attached hydrogens (tertiary/aromatic N) is 3. The van der Waals surface area contributed by atoms with Crippen molar-refractivity contribution in [3.05, 3.63) is 30.0 Å². The number of amides is 1. The molecule has 3 heterocycles. The van der Waals surface area contributed by atoms with Gasteiger partial charge in [-0.2, -0.15) is 5.10 Å². The van der Waals surface area contributed by atoms with Crippen LogP contribution in [0, 0.1) is 5.92 Å². The van der Waals surface area contributed by atoms with Gasteiger partial charge in [0.25, 0.3) is 6.43 Å². The normalized spacial score (nSPS) is 18.2. The second kappa shape index (κ2) is 7.22. The standard InChI is InChI=1S/C18H18F2N4O2S/c1-10(12-4-17(25)21-5-12)26-15-3-11(2-14-18(15)27-9-22-14)13-6-23-24(7-13)8-16(19)20/h2-3,6-7,9-10,12,16H,4-5,8H2,1H3,(H,21,25). The van der Waals surface area contributed by atoms with E-state index in [1.54, 1.807) is 17.9 Å². The number of hydrogen-bond donors (Lipinski definition) is 1. The Morgan fingerprint density at radius 3 is 3.00 bits per heavy atom. The molecule has 1 amide bonds. The van der Waals surface area contributed by atoms with Gasteiger partial charge in [0, 0.05) is 30.6 Å². The lowest BCUT2D eigenvalue weighted by Gasteiger charge is -2.20. The van der Waals surface area contributed by atoms with E-state index in [0.717, 1.165) is 21.3 Å². The van der Waals surface area contributed by atoms with Gasteiger partial charge in [0.2, 0.25) is 5.91 Å². The maximum Gasteiger partial charge on any atom is 0.257 e. The second-order valence-corrected chi connectivity index (χ2v) is 7.46. The van der Waals surface area contributed by atoms with Crippen molar-refractivity contribution >= 4 is 27.5 Å². The lowest BCUT2D eigenvalue weighted by molar-refractivity contribution is -0.119. The molecule has 2 unspecified atom stereocenters. The largest absolute Gasteiger partial charge is 0.489 e. The highest BCUT2D eigenvalue weighted by Crippen LogP contribution is 2.36. The van der Waals surface area contributed by atoms with Crippen LogP contribution in [0.4, 0.5) is 8.78 Å². The fraction of sp³-hybridized carbons (Fsp3) is 0.389. The summed E-state index contributed by atoms with van der Waals surface area (Å²) in [4.78, 5) is 15.8. The number of carbonyl (C=O) groups is 1.